The predicted octanol–water partition coefficient (Wildman–Crippen LogP) is 1.62. The Morgan fingerprint density at radius 2 is 2.07 bits per heavy atom. The van der Waals surface area contributed by atoms with Gasteiger partial charge in [0.25, 0.3) is 0 Å². The maximum atomic E-state index is 5.27. The molecule has 0 atom stereocenters. The van der Waals surface area contributed by atoms with Crippen molar-refractivity contribution in [1.29, 1.82) is 0 Å². The molecule has 4 heteroatoms. The summed E-state index contributed by atoms with van der Waals surface area (Å²) in [6, 6.07) is 3.84. The van der Waals surface area contributed by atoms with E-state index in [1.807, 2.05) is 32.9 Å². The second kappa shape index (κ2) is 4.37. The second-order valence-corrected chi connectivity index (χ2v) is 3.88. The zero-order chi connectivity index (χ0) is 10.6. The van der Waals surface area contributed by atoms with E-state index in [0.717, 1.165) is 11.5 Å². The Morgan fingerprint density at radius 1 is 1.36 bits per heavy atom. The zero-order valence-corrected chi connectivity index (χ0v) is 9.16. The van der Waals surface area contributed by atoms with Gasteiger partial charge in [-0.3, -0.25) is 0 Å². The van der Waals surface area contributed by atoms with Gasteiger partial charge in [-0.2, -0.15) is 5.10 Å². The molecule has 0 aliphatic rings. The number of hydrogen-bond acceptors (Lipinski definition) is 4. The molecule has 0 radical (unpaired) electrons. The van der Waals surface area contributed by atoms with E-state index in [0.29, 0.717) is 6.54 Å². The lowest BCUT2D eigenvalue weighted by atomic mass is 10.1. The van der Waals surface area contributed by atoms with Crippen molar-refractivity contribution in [2.75, 3.05) is 19.0 Å². The Kier molecular flexibility index (Phi) is 3.41. The molecule has 1 aromatic heterocycles. The summed E-state index contributed by atoms with van der Waals surface area (Å²) in [4.78, 5) is 0. The van der Waals surface area contributed by atoms with E-state index >= 15 is 0 Å². The van der Waals surface area contributed by atoms with Gasteiger partial charge in [-0.1, -0.05) is 0 Å². The summed E-state index contributed by atoms with van der Waals surface area (Å²) in [5.74, 6) is 0.778. The average Bonchev–Trinajstić information content (AvgIpc) is 2.17. The third-order valence-corrected chi connectivity index (χ3v) is 2.05. The van der Waals surface area contributed by atoms with Crippen LogP contribution in [0.4, 0.5) is 5.82 Å². The van der Waals surface area contributed by atoms with Crippen molar-refractivity contribution in [3.05, 3.63) is 17.8 Å². The number of rotatable bonds is 4. The molecule has 1 aromatic rings. The molecule has 0 aromatic carbocycles. The van der Waals surface area contributed by atoms with E-state index in [1.165, 1.54) is 0 Å². The van der Waals surface area contributed by atoms with E-state index < -0.39 is 0 Å². The maximum absolute atomic E-state index is 5.27. The number of nitrogens with zero attached hydrogens (tertiary/aromatic N) is 2. The largest absolute Gasteiger partial charge is 0.377 e. The standard InChI is InChI=1S/C10H17N3O/c1-8-5-6-9(13-12-8)11-7-10(2,3)14-4/h5-6H,7H2,1-4H3,(H,11,13). The number of aryl methyl sites for hydroxylation is 1. The highest BCUT2D eigenvalue weighted by Gasteiger charge is 2.15. The minimum absolute atomic E-state index is 0.188. The molecule has 0 aliphatic heterocycles. The van der Waals surface area contributed by atoms with Crippen molar-refractivity contribution in [2.24, 2.45) is 0 Å². The predicted molar refractivity (Wildman–Crippen MR) is 56.3 cm³/mol. The van der Waals surface area contributed by atoms with Crippen molar-refractivity contribution < 1.29 is 4.74 Å². The number of hydrogen-bond donors (Lipinski definition) is 1. The van der Waals surface area contributed by atoms with Gasteiger partial charge in [0, 0.05) is 13.7 Å². The second-order valence-electron chi connectivity index (χ2n) is 3.88. The molecule has 4 nitrogen and oxygen atoms in total. The first-order valence-electron chi connectivity index (χ1n) is 4.63. The molecule has 14 heavy (non-hydrogen) atoms. The van der Waals surface area contributed by atoms with Crippen molar-refractivity contribution in [2.45, 2.75) is 26.4 Å². The summed E-state index contributed by atoms with van der Waals surface area (Å²) in [7, 11) is 1.70. The molecule has 0 bridgehead atoms. The Labute approximate surface area is 84.7 Å². The summed E-state index contributed by atoms with van der Waals surface area (Å²) in [6.45, 7) is 6.65. The van der Waals surface area contributed by atoms with Crippen LogP contribution in [-0.4, -0.2) is 29.5 Å². The summed E-state index contributed by atoms with van der Waals surface area (Å²) in [5.41, 5.74) is 0.730. The number of nitrogens with one attached hydrogen (secondary N) is 1. The van der Waals surface area contributed by atoms with Gasteiger partial charge in [-0.05, 0) is 32.9 Å². The summed E-state index contributed by atoms with van der Waals surface area (Å²) in [6.07, 6.45) is 0. The van der Waals surface area contributed by atoms with Crippen LogP contribution in [0.25, 0.3) is 0 Å². The highest BCUT2D eigenvalue weighted by molar-refractivity contribution is 5.33. The Bertz CT molecular complexity index is 282. The maximum Gasteiger partial charge on any atom is 0.148 e. The molecule has 0 aliphatic carbocycles. The summed E-state index contributed by atoms with van der Waals surface area (Å²) >= 11 is 0. The fraction of sp³-hybridized carbons (Fsp3) is 0.600. The lowest BCUT2D eigenvalue weighted by molar-refractivity contribution is 0.0343. The molecule has 0 spiro atoms. The van der Waals surface area contributed by atoms with Crippen LogP contribution < -0.4 is 5.32 Å². The molecule has 78 valence electrons. The highest BCUT2D eigenvalue weighted by Crippen LogP contribution is 2.09. The van der Waals surface area contributed by atoms with Crippen LogP contribution in [0, 0.1) is 6.92 Å². The molecule has 0 saturated carbocycles. The highest BCUT2D eigenvalue weighted by atomic mass is 16.5. The summed E-state index contributed by atoms with van der Waals surface area (Å²) < 4.78 is 5.27. The molecule has 0 saturated heterocycles. The van der Waals surface area contributed by atoms with Crippen molar-refractivity contribution in [1.82, 2.24) is 10.2 Å². The van der Waals surface area contributed by atoms with Gasteiger partial charge in [0.15, 0.2) is 0 Å². The van der Waals surface area contributed by atoms with Gasteiger partial charge in [0.2, 0.25) is 0 Å². The van der Waals surface area contributed by atoms with Crippen LogP contribution in [-0.2, 0) is 4.74 Å². The van der Waals surface area contributed by atoms with Gasteiger partial charge in [-0.15, -0.1) is 5.10 Å². The lowest BCUT2D eigenvalue weighted by Crippen LogP contribution is -2.32. The third-order valence-electron chi connectivity index (χ3n) is 2.05. The number of aromatic nitrogens is 2. The summed E-state index contributed by atoms with van der Waals surface area (Å²) in [5, 5.41) is 11.1. The zero-order valence-electron chi connectivity index (χ0n) is 9.16. The van der Waals surface area contributed by atoms with Gasteiger partial charge in [0.1, 0.15) is 5.82 Å². The average molecular weight is 195 g/mol. The molecule has 0 amide bonds. The van der Waals surface area contributed by atoms with E-state index in [9.17, 15) is 0 Å². The quantitative estimate of drug-likeness (QED) is 0.793. The van der Waals surface area contributed by atoms with E-state index in [4.69, 9.17) is 4.74 Å². The smallest absolute Gasteiger partial charge is 0.148 e. The Balaban J connectivity index is 2.50. The minimum Gasteiger partial charge on any atom is -0.377 e. The van der Waals surface area contributed by atoms with Crippen LogP contribution in [0.1, 0.15) is 19.5 Å². The SMILES string of the molecule is COC(C)(C)CNc1ccc(C)nn1. The fourth-order valence-electron chi connectivity index (χ4n) is 0.869. The number of methoxy groups -OCH3 is 1. The first-order chi connectivity index (χ1) is 6.53. The van der Waals surface area contributed by atoms with Crippen molar-refractivity contribution in [3.63, 3.8) is 0 Å². The molecule has 1 N–H and O–H groups in total. The van der Waals surface area contributed by atoms with E-state index in [2.05, 4.69) is 15.5 Å². The molecule has 1 heterocycles. The van der Waals surface area contributed by atoms with Crippen LogP contribution in [0.2, 0.25) is 0 Å². The van der Waals surface area contributed by atoms with Crippen LogP contribution in [0.5, 0.6) is 0 Å². The Hall–Kier alpha value is -1.16. The minimum atomic E-state index is -0.188. The normalized spacial score (nSPS) is 11.4. The van der Waals surface area contributed by atoms with E-state index in [-0.39, 0.29) is 5.60 Å². The Morgan fingerprint density at radius 3 is 2.57 bits per heavy atom. The van der Waals surface area contributed by atoms with E-state index in [1.54, 1.807) is 7.11 Å². The van der Waals surface area contributed by atoms with Gasteiger partial charge in [-0.25, -0.2) is 0 Å². The van der Waals surface area contributed by atoms with Crippen molar-refractivity contribution in [3.8, 4) is 0 Å². The third kappa shape index (κ3) is 3.30. The van der Waals surface area contributed by atoms with Crippen LogP contribution in [0.3, 0.4) is 0 Å². The van der Waals surface area contributed by atoms with Gasteiger partial charge < -0.3 is 10.1 Å². The first kappa shape index (κ1) is 10.9. The van der Waals surface area contributed by atoms with Crippen molar-refractivity contribution >= 4 is 5.82 Å². The monoisotopic (exact) mass is 195 g/mol. The van der Waals surface area contributed by atoms with Gasteiger partial charge >= 0.3 is 0 Å². The topological polar surface area (TPSA) is 47.0 Å². The molecule has 1 rings (SSSR count). The first-order valence-corrected chi connectivity index (χ1v) is 4.63. The molecular weight excluding hydrogens is 178 g/mol. The molecular formula is C10H17N3O. The number of anilines is 1. The lowest BCUT2D eigenvalue weighted by Gasteiger charge is -2.23. The number of ether oxygens (including phenoxy) is 1. The van der Waals surface area contributed by atoms with Crippen LogP contribution in [0.15, 0.2) is 12.1 Å². The molecule has 0 fully saturated rings. The molecule has 0 unspecified atom stereocenters. The van der Waals surface area contributed by atoms with Crippen LogP contribution >= 0.6 is 0 Å². The van der Waals surface area contributed by atoms with Gasteiger partial charge in [0.05, 0.1) is 11.3 Å². The fourth-order valence-corrected chi connectivity index (χ4v) is 0.869.